The van der Waals surface area contributed by atoms with Crippen molar-refractivity contribution in [2.45, 2.75) is 32.6 Å². The first-order valence-electron chi connectivity index (χ1n) is 9.26. The van der Waals surface area contributed by atoms with E-state index in [4.69, 9.17) is 0 Å². The van der Waals surface area contributed by atoms with Crippen molar-refractivity contribution in [1.82, 2.24) is 0 Å². The van der Waals surface area contributed by atoms with E-state index in [2.05, 4.69) is 13.0 Å². The number of carbonyl (C=O) groups is 1. The second-order valence-electron chi connectivity index (χ2n) is 8.23. The molecule has 3 heteroatoms. The number of Topliss-reactive ketones (excluding diaryl/α,β-unsaturated/α-hetero) is 1. The van der Waals surface area contributed by atoms with Crippen LogP contribution in [-0.4, -0.2) is 5.78 Å². The van der Waals surface area contributed by atoms with Crippen molar-refractivity contribution in [2.75, 3.05) is 0 Å². The maximum atomic E-state index is 13.4. The van der Waals surface area contributed by atoms with Gasteiger partial charge in [-0.1, -0.05) is 49.4 Å². The Morgan fingerprint density at radius 1 is 0.926 bits per heavy atom. The minimum absolute atomic E-state index is 0.0188. The molecular weight excluding hydrogens is 342 g/mol. The number of halogens is 2. The molecule has 0 saturated heterocycles. The molecule has 0 unspecified atom stereocenters. The second-order valence-corrected chi connectivity index (χ2v) is 8.23. The summed E-state index contributed by atoms with van der Waals surface area (Å²) in [6, 6.07) is 12.9. The van der Waals surface area contributed by atoms with E-state index < -0.39 is 5.41 Å². The third-order valence-electron chi connectivity index (χ3n) is 6.26. The summed E-state index contributed by atoms with van der Waals surface area (Å²) in [5.74, 6) is -0.274. The molecule has 2 aliphatic rings. The largest absolute Gasteiger partial charge is 0.299 e. The molecule has 1 fully saturated rings. The first-order valence-corrected chi connectivity index (χ1v) is 9.26. The van der Waals surface area contributed by atoms with Crippen LogP contribution in [0.25, 0.3) is 6.08 Å². The molecule has 1 saturated carbocycles. The molecule has 0 radical (unpaired) electrons. The summed E-state index contributed by atoms with van der Waals surface area (Å²) in [6.07, 6.45) is 7.33. The molecule has 2 aromatic carbocycles. The average molecular weight is 364 g/mol. The van der Waals surface area contributed by atoms with Crippen LogP contribution >= 0.6 is 0 Å². The van der Waals surface area contributed by atoms with E-state index in [1.165, 1.54) is 24.3 Å². The Morgan fingerprint density at radius 2 is 1.52 bits per heavy atom. The van der Waals surface area contributed by atoms with Gasteiger partial charge in [-0.05, 0) is 54.3 Å². The molecule has 4 rings (SSSR count). The van der Waals surface area contributed by atoms with Crippen LogP contribution in [0.4, 0.5) is 8.78 Å². The molecule has 0 amide bonds. The number of fused-ring (bicyclic) bond motifs is 2. The summed E-state index contributed by atoms with van der Waals surface area (Å²) in [7, 11) is 0. The summed E-state index contributed by atoms with van der Waals surface area (Å²) in [4.78, 5) is 12.8. The van der Waals surface area contributed by atoms with Gasteiger partial charge in [-0.15, -0.1) is 0 Å². The van der Waals surface area contributed by atoms with Gasteiger partial charge in [-0.2, -0.15) is 0 Å². The van der Waals surface area contributed by atoms with Crippen LogP contribution in [0, 0.1) is 22.5 Å². The molecule has 1 nitrogen and oxygen atoms in total. The highest BCUT2D eigenvalue weighted by Gasteiger charge is 2.55. The van der Waals surface area contributed by atoms with E-state index in [-0.39, 0.29) is 28.8 Å². The van der Waals surface area contributed by atoms with Crippen LogP contribution in [0.1, 0.15) is 43.7 Å². The third-order valence-corrected chi connectivity index (χ3v) is 6.26. The number of hydrogen-bond acceptors (Lipinski definition) is 1. The van der Waals surface area contributed by atoms with Gasteiger partial charge < -0.3 is 0 Å². The first-order chi connectivity index (χ1) is 12.8. The fourth-order valence-corrected chi connectivity index (χ4v) is 4.75. The molecule has 2 aliphatic carbocycles. The van der Waals surface area contributed by atoms with E-state index >= 15 is 0 Å². The van der Waals surface area contributed by atoms with Crippen molar-refractivity contribution in [1.29, 1.82) is 0 Å². The number of rotatable bonds is 3. The maximum absolute atomic E-state index is 13.4. The fourth-order valence-electron chi connectivity index (χ4n) is 4.75. The van der Waals surface area contributed by atoms with Gasteiger partial charge in [-0.3, -0.25) is 4.79 Å². The summed E-state index contributed by atoms with van der Waals surface area (Å²) in [5.41, 5.74) is 2.38. The lowest BCUT2D eigenvalue weighted by Gasteiger charge is -2.43. The lowest BCUT2D eigenvalue weighted by Crippen LogP contribution is -2.39. The molecule has 27 heavy (non-hydrogen) atoms. The van der Waals surface area contributed by atoms with Crippen molar-refractivity contribution >= 4 is 11.9 Å². The van der Waals surface area contributed by atoms with Gasteiger partial charge in [-0.25, -0.2) is 8.78 Å². The molecular formula is C24H22F2O. The van der Waals surface area contributed by atoms with E-state index in [1.807, 2.05) is 19.1 Å². The maximum Gasteiger partial charge on any atom is 0.143 e. The molecule has 0 spiro atoms. The lowest BCUT2D eigenvalue weighted by molar-refractivity contribution is -0.130. The van der Waals surface area contributed by atoms with Gasteiger partial charge in [0.25, 0.3) is 0 Å². The lowest BCUT2D eigenvalue weighted by atomic mass is 9.59. The number of allylic oxidation sites excluding steroid dienone is 3. The average Bonchev–Trinajstić information content (AvgIpc) is 2.88. The Balaban J connectivity index is 1.72. The minimum atomic E-state index is -0.451. The van der Waals surface area contributed by atoms with Crippen molar-refractivity contribution in [3.05, 3.63) is 89.0 Å². The van der Waals surface area contributed by atoms with Crippen LogP contribution in [0.3, 0.4) is 0 Å². The minimum Gasteiger partial charge on any atom is -0.299 e. The van der Waals surface area contributed by atoms with E-state index in [0.717, 1.165) is 23.1 Å². The van der Waals surface area contributed by atoms with Crippen molar-refractivity contribution in [2.24, 2.45) is 10.8 Å². The molecule has 0 aliphatic heterocycles. The quantitative estimate of drug-likeness (QED) is 0.645. The zero-order valence-corrected chi connectivity index (χ0v) is 15.5. The van der Waals surface area contributed by atoms with Crippen molar-refractivity contribution in [3.63, 3.8) is 0 Å². The summed E-state index contributed by atoms with van der Waals surface area (Å²) in [6.45, 7) is 4.20. The standard InChI is InChI=1S/C24H22F2O/c1-23-14-18(8-3-16-4-9-19(25)10-5-16)24(2,15-23)21(13-22(23)27)17-6-11-20(26)12-7-17/h3-12,14,21H,13,15H2,1-2H3/b8-3+/t21-,23+,24-/m0/s1. The summed E-state index contributed by atoms with van der Waals surface area (Å²) in [5, 5.41) is 0. The molecule has 0 heterocycles. The van der Waals surface area contributed by atoms with Gasteiger partial charge in [0.2, 0.25) is 0 Å². The topological polar surface area (TPSA) is 17.1 Å². The van der Waals surface area contributed by atoms with E-state index in [1.54, 1.807) is 24.3 Å². The Labute approximate surface area is 158 Å². The van der Waals surface area contributed by atoms with Crippen LogP contribution in [0.2, 0.25) is 0 Å². The third kappa shape index (κ3) is 3.05. The Bertz CT molecular complexity index is 939. The van der Waals surface area contributed by atoms with Gasteiger partial charge in [0.05, 0.1) is 0 Å². The zero-order valence-electron chi connectivity index (χ0n) is 15.5. The number of carbonyl (C=O) groups excluding carboxylic acids is 1. The SMILES string of the molecule is C[C@]12C[C@@](C)(C=C1/C=C/c1ccc(F)cc1)C(=O)C[C@H]2c1ccc(F)cc1. The Morgan fingerprint density at radius 3 is 2.15 bits per heavy atom. The van der Waals surface area contributed by atoms with Gasteiger partial charge >= 0.3 is 0 Å². The Hall–Kier alpha value is -2.55. The number of ketones is 1. The summed E-state index contributed by atoms with van der Waals surface area (Å²) < 4.78 is 26.5. The molecule has 0 N–H and O–H groups in total. The van der Waals surface area contributed by atoms with Gasteiger partial charge in [0.15, 0.2) is 0 Å². The number of hydrogen-bond donors (Lipinski definition) is 0. The Kier molecular flexibility index (Phi) is 4.14. The molecule has 2 bridgehead atoms. The highest BCUT2D eigenvalue weighted by molar-refractivity contribution is 5.90. The highest BCUT2D eigenvalue weighted by Crippen LogP contribution is 2.61. The second kappa shape index (κ2) is 6.26. The van der Waals surface area contributed by atoms with Crippen LogP contribution in [0.15, 0.2) is 66.3 Å². The first kappa shape index (κ1) is 17.8. The smallest absolute Gasteiger partial charge is 0.143 e. The van der Waals surface area contributed by atoms with E-state index in [9.17, 15) is 13.6 Å². The predicted octanol–water partition coefficient (Wildman–Crippen LogP) is 6.08. The number of benzene rings is 2. The normalized spacial score (nSPS) is 30.0. The van der Waals surface area contributed by atoms with E-state index in [0.29, 0.717) is 6.42 Å². The van der Waals surface area contributed by atoms with Gasteiger partial charge in [0, 0.05) is 23.2 Å². The highest BCUT2D eigenvalue weighted by atomic mass is 19.1. The molecule has 3 atom stereocenters. The fraction of sp³-hybridized carbons (Fsp3) is 0.292. The molecule has 0 aromatic heterocycles. The van der Waals surface area contributed by atoms with Crippen LogP contribution in [-0.2, 0) is 4.79 Å². The monoisotopic (exact) mass is 364 g/mol. The van der Waals surface area contributed by atoms with Crippen molar-refractivity contribution < 1.29 is 13.6 Å². The summed E-state index contributed by atoms with van der Waals surface area (Å²) >= 11 is 0. The van der Waals surface area contributed by atoms with Gasteiger partial charge in [0.1, 0.15) is 17.4 Å². The van der Waals surface area contributed by atoms with Crippen molar-refractivity contribution in [3.8, 4) is 0 Å². The zero-order chi connectivity index (χ0) is 19.2. The molecule has 2 aromatic rings. The van der Waals surface area contributed by atoms with Crippen LogP contribution < -0.4 is 0 Å². The molecule has 138 valence electrons. The van der Waals surface area contributed by atoms with Crippen LogP contribution in [0.5, 0.6) is 0 Å². The predicted molar refractivity (Wildman–Crippen MR) is 103 cm³/mol.